The van der Waals surface area contributed by atoms with Crippen LogP contribution in [0.25, 0.3) is 0 Å². The number of halogens is 2. The Morgan fingerprint density at radius 3 is 2.65 bits per heavy atom. The SMILES string of the molecule is CCCC1NC(=O)C(C)N(c2cc(F)ccc2F)C1=O. The molecule has 0 aromatic heterocycles. The fraction of sp³-hybridized carbons (Fsp3) is 0.429. The first-order valence-electron chi connectivity index (χ1n) is 6.54. The Morgan fingerprint density at radius 1 is 1.30 bits per heavy atom. The molecule has 1 heterocycles. The predicted octanol–water partition coefficient (Wildman–Crippen LogP) is 1.98. The third kappa shape index (κ3) is 2.50. The van der Waals surface area contributed by atoms with Crippen molar-refractivity contribution in [2.45, 2.75) is 38.8 Å². The van der Waals surface area contributed by atoms with E-state index in [1.54, 1.807) is 0 Å². The Morgan fingerprint density at radius 2 is 2.00 bits per heavy atom. The molecule has 1 aromatic rings. The van der Waals surface area contributed by atoms with E-state index in [1.807, 2.05) is 6.92 Å². The molecule has 6 heteroatoms. The number of rotatable bonds is 3. The molecule has 20 heavy (non-hydrogen) atoms. The number of hydrogen-bond donors (Lipinski definition) is 1. The monoisotopic (exact) mass is 282 g/mol. The molecule has 1 saturated heterocycles. The van der Waals surface area contributed by atoms with Gasteiger partial charge in [-0.05, 0) is 25.5 Å². The molecule has 0 aliphatic carbocycles. The van der Waals surface area contributed by atoms with Crippen LogP contribution < -0.4 is 10.2 Å². The largest absolute Gasteiger partial charge is 0.342 e. The topological polar surface area (TPSA) is 49.4 Å². The number of amides is 2. The van der Waals surface area contributed by atoms with Crippen molar-refractivity contribution in [3.8, 4) is 0 Å². The molecule has 1 N–H and O–H groups in total. The maximum Gasteiger partial charge on any atom is 0.250 e. The number of nitrogens with one attached hydrogen (secondary N) is 1. The van der Waals surface area contributed by atoms with E-state index < -0.39 is 29.6 Å². The molecule has 2 atom stereocenters. The van der Waals surface area contributed by atoms with Gasteiger partial charge in [-0.3, -0.25) is 14.5 Å². The van der Waals surface area contributed by atoms with E-state index in [0.29, 0.717) is 12.8 Å². The summed E-state index contributed by atoms with van der Waals surface area (Å²) in [5.74, 6) is -2.16. The fourth-order valence-corrected chi connectivity index (χ4v) is 2.31. The van der Waals surface area contributed by atoms with Gasteiger partial charge < -0.3 is 5.32 Å². The fourth-order valence-electron chi connectivity index (χ4n) is 2.31. The van der Waals surface area contributed by atoms with E-state index in [-0.39, 0.29) is 11.6 Å². The molecule has 0 saturated carbocycles. The van der Waals surface area contributed by atoms with Crippen LogP contribution in [0.3, 0.4) is 0 Å². The van der Waals surface area contributed by atoms with Gasteiger partial charge in [0.2, 0.25) is 11.8 Å². The second-order valence-electron chi connectivity index (χ2n) is 4.83. The van der Waals surface area contributed by atoms with Crippen LogP contribution in [0, 0.1) is 11.6 Å². The average molecular weight is 282 g/mol. The number of piperazine rings is 1. The molecule has 1 aliphatic heterocycles. The number of carbonyl (C=O) groups is 2. The van der Waals surface area contributed by atoms with E-state index in [0.717, 1.165) is 23.1 Å². The zero-order valence-corrected chi connectivity index (χ0v) is 11.3. The zero-order chi connectivity index (χ0) is 14.9. The van der Waals surface area contributed by atoms with Gasteiger partial charge in [-0.2, -0.15) is 0 Å². The second kappa shape index (κ2) is 5.56. The summed E-state index contributed by atoms with van der Waals surface area (Å²) < 4.78 is 27.1. The molecule has 0 spiro atoms. The highest BCUT2D eigenvalue weighted by Gasteiger charge is 2.39. The number of benzene rings is 1. The Balaban J connectivity index is 2.43. The molecule has 1 aromatic carbocycles. The summed E-state index contributed by atoms with van der Waals surface area (Å²) in [6, 6.07) is 1.30. The van der Waals surface area contributed by atoms with Crippen molar-refractivity contribution in [2.24, 2.45) is 0 Å². The lowest BCUT2D eigenvalue weighted by Crippen LogP contribution is -2.62. The molecule has 2 rings (SSSR count). The molecule has 2 unspecified atom stereocenters. The van der Waals surface area contributed by atoms with E-state index in [9.17, 15) is 18.4 Å². The van der Waals surface area contributed by atoms with Crippen molar-refractivity contribution in [3.63, 3.8) is 0 Å². The second-order valence-corrected chi connectivity index (χ2v) is 4.83. The van der Waals surface area contributed by atoms with Crippen LogP contribution in [-0.4, -0.2) is 23.9 Å². The molecule has 0 radical (unpaired) electrons. The summed E-state index contributed by atoms with van der Waals surface area (Å²) in [5.41, 5.74) is -0.196. The number of nitrogens with zero attached hydrogens (tertiary/aromatic N) is 1. The van der Waals surface area contributed by atoms with Crippen LogP contribution in [0.1, 0.15) is 26.7 Å². The first-order chi connectivity index (χ1) is 9.45. The van der Waals surface area contributed by atoms with Gasteiger partial charge in [0.25, 0.3) is 0 Å². The number of hydrogen-bond acceptors (Lipinski definition) is 2. The summed E-state index contributed by atoms with van der Waals surface area (Å²) in [5, 5.41) is 2.60. The third-order valence-electron chi connectivity index (χ3n) is 3.36. The minimum Gasteiger partial charge on any atom is -0.342 e. The first kappa shape index (κ1) is 14.4. The van der Waals surface area contributed by atoms with Gasteiger partial charge in [-0.1, -0.05) is 13.3 Å². The van der Waals surface area contributed by atoms with Gasteiger partial charge in [0, 0.05) is 6.07 Å². The molecular formula is C14H16F2N2O2. The molecule has 2 amide bonds. The van der Waals surface area contributed by atoms with Crippen molar-refractivity contribution in [3.05, 3.63) is 29.8 Å². The normalized spacial score (nSPS) is 22.9. The minimum atomic E-state index is -0.869. The van der Waals surface area contributed by atoms with Gasteiger partial charge in [-0.25, -0.2) is 8.78 Å². The van der Waals surface area contributed by atoms with Crippen molar-refractivity contribution < 1.29 is 18.4 Å². The lowest BCUT2D eigenvalue weighted by molar-refractivity contribution is -0.133. The summed E-state index contributed by atoms with van der Waals surface area (Å²) in [6.45, 7) is 3.37. The molecular weight excluding hydrogens is 266 g/mol. The molecule has 1 aliphatic rings. The highest BCUT2D eigenvalue weighted by atomic mass is 19.1. The van der Waals surface area contributed by atoms with Crippen LogP contribution >= 0.6 is 0 Å². The lowest BCUT2D eigenvalue weighted by atomic mass is 10.0. The maximum atomic E-state index is 13.8. The number of carbonyl (C=O) groups excluding carboxylic acids is 2. The summed E-state index contributed by atoms with van der Waals surface area (Å²) >= 11 is 0. The van der Waals surface area contributed by atoms with Crippen LogP contribution in [0.5, 0.6) is 0 Å². The number of anilines is 1. The molecule has 4 nitrogen and oxygen atoms in total. The van der Waals surface area contributed by atoms with Crippen LogP contribution in [0.4, 0.5) is 14.5 Å². The summed E-state index contributed by atoms with van der Waals surface area (Å²) in [4.78, 5) is 25.3. The Hall–Kier alpha value is -1.98. The Bertz CT molecular complexity index is 548. The van der Waals surface area contributed by atoms with Crippen LogP contribution in [0.2, 0.25) is 0 Å². The third-order valence-corrected chi connectivity index (χ3v) is 3.36. The zero-order valence-electron chi connectivity index (χ0n) is 11.3. The smallest absolute Gasteiger partial charge is 0.250 e. The highest BCUT2D eigenvalue weighted by Crippen LogP contribution is 2.26. The van der Waals surface area contributed by atoms with Gasteiger partial charge in [0.05, 0.1) is 5.69 Å². The quantitative estimate of drug-likeness (QED) is 0.921. The van der Waals surface area contributed by atoms with Gasteiger partial charge >= 0.3 is 0 Å². The highest BCUT2D eigenvalue weighted by molar-refractivity contribution is 6.08. The molecule has 108 valence electrons. The molecule has 0 bridgehead atoms. The van der Waals surface area contributed by atoms with E-state index in [4.69, 9.17) is 0 Å². The standard InChI is InChI=1S/C14H16F2N2O2/c1-3-4-11-14(20)18(8(2)13(19)17-11)12-7-9(15)5-6-10(12)16/h5-8,11H,3-4H2,1-2H3,(H,17,19). The van der Waals surface area contributed by atoms with Gasteiger partial charge in [-0.15, -0.1) is 0 Å². The lowest BCUT2D eigenvalue weighted by Gasteiger charge is -2.37. The van der Waals surface area contributed by atoms with Crippen LogP contribution in [0.15, 0.2) is 18.2 Å². The van der Waals surface area contributed by atoms with Crippen molar-refractivity contribution in [1.29, 1.82) is 0 Å². The van der Waals surface area contributed by atoms with Gasteiger partial charge in [0.15, 0.2) is 0 Å². The molecule has 1 fully saturated rings. The van der Waals surface area contributed by atoms with E-state index in [1.165, 1.54) is 6.92 Å². The van der Waals surface area contributed by atoms with Crippen molar-refractivity contribution >= 4 is 17.5 Å². The summed E-state index contributed by atoms with van der Waals surface area (Å²) in [6.07, 6.45) is 1.16. The van der Waals surface area contributed by atoms with Crippen molar-refractivity contribution in [2.75, 3.05) is 4.90 Å². The predicted molar refractivity (Wildman–Crippen MR) is 70.1 cm³/mol. The van der Waals surface area contributed by atoms with E-state index >= 15 is 0 Å². The summed E-state index contributed by atoms with van der Waals surface area (Å²) in [7, 11) is 0. The van der Waals surface area contributed by atoms with Crippen molar-refractivity contribution in [1.82, 2.24) is 5.32 Å². The van der Waals surface area contributed by atoms with Gasteiger partial charge in [0.1, 0.15) is 23.7 Å². The van der Waals surface area contributed by atoms with Crippen LogP contribution in [-0.2, 0) is 9.59 Å². The maximum absolute atomic E-state index is 13.8. The average Bonchev–Trinajstić information content (AvgIpc) is 2.40. The van der Waals surface area contributed by atoms with E-state index in [2.05, 4.69) is 5.32 Å². The first-order valence-corrected chi connectivity index (χ1v) is 6.54. The Kier molecular flexibility index (Phi) is 4.01. The minimum absolute atomic E-state index is 0.196. The Labute approximate surface area is 115 Å².